The van der Waals surface area contributed by atoms with E-state index in [9.17, 15) is 4.79 Å². The molecule has 0 spiro atoms. The predicted molar refractivity (Wildman–Crippen MR) is 66.7 cm³/mol. The SMILES string of the molecule is CCNC(=O)N(C)C(C)c1ccc(Cl)cc1. The van der Waals surface area contributed by atoms with Crippen LogP contribution in [0.25, 0.3) is 0 Å². The molecule has 0 fully saturated rings. The van der Waals surface area contributed by atoms with Crippen LogP contribution < -0.4 is 5.32 Å². The highest BCUT2D eigenvalue weighted by atomic mass is 35.5. The summed E-state index contributed by atoms with van der Waals surface area (Å²) in [5.74, 6) is 0. The van der Waals surface area contributed by atoms with E-state index < -0.39 is 0 Å². The maximum absolute atomic E-state index is 11.6. The second-order valence-electron chi connectivity index (χ2n) is 3.67. The van der Waals surface area contributed by atoms with E-state index >= 15 is 0 Å². The maximum Gasteiger partial charge on any atom is 0.317 e. The van der Waals surface area contributed by atoms with E-state index in [2.05, 4.69) is 5.32 Å². The highest BCUT2D eigenvalue weighted by Gasteiger charge is 2.16. The van der Waals surface area contributed by atoms with Gasteiger partial charge in [-0.05, 0) is 31.5 Å². The van der Waals surface area contributed by atoms with Crippen LogP contribution in [0.4, 0.5) is 4.79 Å². The van der Waals surface area contributed by atoms with Crippen LogP contribution >= 0.6 is 11.6 Å². The Kier molecular flexibility index (Phi) is 4.62. The van der Waals surface area contributed by atoms with Gasteiger partial charge in [0.15, 0.2) is 0 Å². The molecule has 4 heteroatoms. The van der Waals surface area contributed by atoms with Crippen LogP contribution in [-0.2, 0) is 0 Å². The van der Waals surface area contributed by atoms with E-state index in [4.69, 9.17) is 11.6 Å². The van der Waals surface area contributed by atoms with Crippen molar-refractivity contribution in [2.24, 2.45) is 0 Å². The van der Waals surface area contributed by atoms with Gasteiger partial charge >= 0.3 is 6.03 Å². The Morgan fingerprint density at radius 2 is 2.00 bits per heavy atom. The van der Waals surface area contributed by atoms with Crippen LogP contribution in [-0.4, -0.2) is 24.5 Å². The third-order valence-electron chi connectivity index (χ3n) is 2.58. The molecule has 0 bridgehead atoms. The van der Waals surface area contributed by atoms with E-state index in [0.717, 1.165) is 5.56 Å². The zero-order valence-electron chi connectivity index (χ0n) is 9.83. The molecule has 1 unspecified atom stereocenters. The number of halogens is 1. The van der Waals surface area contributed by atoms with Crippen molar-refractivity contribution in [1.82, 2.24) is 10.2 Å². The van der Waals surface area contributed by atoms with Gasteiger partial charge in [0, 0.05) is 18.6 Å². The van der Waals surface area contributed by atoms with Crippen LogP contribution in [0.2, 0.25) is 5.02 Å². The van der Waals surface area contributed by atoms with E-state index in [1.165, 1.54) is 0 Å². The first kappa shape index (κ1) is 12.8. The Morgan fingerprint density at radius 3 is 2.50 bits per heavy atom. The van der Waals surface area contributed by atoms with E-state index in [1.807, 2.05) is 38.1 Å². The van der Waals surface area contributed by atoms with Crippen molar-refractivity contribution in [3.63, 3.8) is 0 Å². The smallest absolute Gasteiger partial charge is 0.317 e. The van der Waals surface area contributed by atoms with E-state index in [0.29, 0.717) is 11.6 Å². The Labute approximate surface area is 101 Å². The van der Waals surface area contributed by atoms with Crippen molar-refractivity contribution in [3.8, 4) is 0 Å². The Hall–Kier alpha value is -1.22. The standard InChI is InChI=1S/C12H17ClN2O/c1-4-14-12(16)15(3)9(2)10-5-7-11(13)8-6-10/h5-9H,4H2,1-3H3,(H,14,16). The quantitative estimate of drug-likeness (QED) is 0.865. The molecule has 1 aromatic rings. The summed E-state index contributed by atoms with van der Waals surface area (Å²) in [6.45, 7) is 4.52. The molecule has 0 aromatic heterocycles. The normalized spacial score (nSPS) is 12.0. The van der Waals surface area contributed by atoms with Crippen molar-refractivity contribution < 1.29 is 4.79 Å². The minimum Gasteiger partial charge on any atom is -0.338 e. The molecule has 0 aliphatic heterocycles. The summed E-state index contributed by atoms with van der Waals surface area (Å²) in [6, 6.07) is 7.50. The number of rotatable bonds is 3. The van der Waals surface area contributed by atoms with Crippen molar-refractivity contribution in [2.75, 3.05) is 13.6 Å². The van der Waals surface area contributed by atoms with Crippen molar-refractivity contribution >= 4 is 17.6 Å². The molecule has 0 aliphatic carbocycles. The molecule has 88 valence electrons. The van der Waals surface area contributed by atoms with Crippen molar-refractivity contribution in [2.45, 2.75) is 19.9 Å². The summed E-state index contributed by atoms with van der Waals surface area (Å²) in [5.41, 5.74) is 1.07. The lowest BCUT2D eigenvalue weighted by Gasteiger charge is -2.25. The largest absolute Gasteiger partial charge is 0.338 e. The van der Waals surface area contributed by atoms with Gasteiger partial charge in [0.1, 0.15) is 0 Å². The van der Waals surface area contributed by atoms with Crippen LogP contribution in [0, 0.1) is 0 Å². The molecule has 16 heavy (non-hydrogen) atoms. The first-order valence-corrected chi connectivity index (χ1v) is 5.70. The maximum atomic E-state index is 11.6. The van der Waals surface area contributed by atoms with Gasteiger partial charge in [-0.15, -0.1) is 0 Å². The number of nitrogens with one attached hydrogen (secondary N) is 1. The third-order valence-corrected chi connectivity index (χ3v) is 2.83. The highest BCUT2D eigenvalue weighted by Crippen LogP contribution is 2.20. The number of carbonyl (C=O) groups excluding carboxylic acids is 1. The topological polar surface area (TPSA) is 32.3 Å². The average Bonchev–Trinajstić information content (AvgIpc) is 2.28. The number of amides is 2. The summed E-state index contributed by atoms with van der Waals surface area (Å²) in [7, 11) is 1.78. The highest BCUT2D eigenvalue weighted by molar-refractivity contribution is 6.30. The fourth-order valence-electron chi connectivity index (χ4n) is 1.42. The fourth-order valence-corrected chi connectivity index (χ4v) is 1.54. The number of carbonyl (C=O) groups is 1. The molecule has 0 saturated heterocycles. The molecular formula is C12H17ClN2O. The van der Waals surface area contributed by atoms with Crippen LogP contribution in [0.15, 0.2) is 24.3 Å². The molecule has 1 atom stereocenters. The Bertz CT molecular complexity index is 351. The van der Waals surface area contributed by atoms with Gasteiger partial charge in [-0.1, -0.05) is 23.7 Å². The summed E-state index contributed by atoms with van der Waals surface area (Å²) >= 11 is 5.82. The van der Waals surface area contributed by atoms with Crippen LogP contribution in [0.3, 0.4) is 0 Å². The lowest BCUT2D eigenvalue weighted by molar-refractivity contribution is 0.195. The summed E-state index contributed by atoms with van der Waals surface area (Å²) in [5, 5.41) is 3.47. The number of hydrogen-bond donors (Lipinski definition) is 1. The summed E-state index contributed by atoms with van der Waals surface area (Å²) in [6.07, 6.45) is 0. The number of nitrogens with zero attached hydrogens (tertiary/aromatic N) is 1. The fraction of sp³-hybridized carbons (Fsp3) is 0.417. The van der Waals surface area contributed by atoms with Gasteiger partial charge < -0.3 is 10.2 Å². The second-order valence-corrected chi connectivity index (χ2v) is 4.11. The third kappa shape index (κ3) is 3.14. The zero-order valence-corrected chi connectivity index (χ0v) is 10.6. The number of urea groups is 1. The first-order chi connectivity index (χ1) is 7.56. The van der Waals surface area contributed by atoms with Crippen LogP contribution in [0.5, 0.6) is 0 Å². The van der Waals surface area contributed by atoms with Crippen LogP contribution in [0.1, 0.15) is 25.5 Å². The second kappa shape index (κ2) is 5.75. The molecule has 3 nitrogen and oxygen atoms in total. The minimum atomic E-state index is -0.0649. The molecule has 0 heterocycles. The van der Waals surface area contributed by atoms with Crippen molar-refractivity contribution in [3.05, 3.63) is 34.9 Å². The first-order valence-electron chi connectivity index (χ1n) is 5.32. The van der Waals surface area contributed by atoms with Gasteiger partial charge in [-0.25, -0.2) is 4.79 Å². The molecule has 0 saturated carbocycles. The molecule has 1 rings (SSSR count). The molecule has 0 aliphatic rings. The summed E-state index contributed by atoms with van der Waals surface area (Å²) in [4.78, 5) is 13.3. The Balaban J connectivity index is 2.73. The average molecular weight is 241 g/mol. The monoisotopic (exact) mass is 240 g/mol. The Morgan fingerprint density at radius 1 is 1.44 bits per heavy atom. The lowest BCUT2D eigenvalue weighted by Crippen LogP contribution is -2.38. The van der Waals surface area contributed by atoms with Gasteiger partial charge in [-0.3, -0.25) is 0 Å². The van der Waals surface area contributed by atoms with Crippen molar-refractivity contribution in [1.29, 1.82) is 0 Å². The summed E-state index contributed by atoms with van der Waals surface area (Å²) < 4.78 is 0. The predicted octanol–water partition coefficient (Wildman–Crippen LogP) is 3.06. The number of hydrogen-bond acceptors (Lipinski definition) is 1. The van der Waals surface area contributed by atoms with E-state index in [-0.39, 0.29) is 12.1 Å². The van der Waals surface area contributed by atoms with Gasteiger partial charge in [-0.2, -0.15) is 0 Å². The molecule has 2 amide bonds. The molecular weight excluding hydrogens is 224 g/mol. The minimum absolute atomic E-state index is 0.0313. The lowest BCUT2D eigenvalue weighted by atomic mass is 10.1. The van der Waals surface area contributed by atoms with Gasteiger partial charge in [0.05, 0.1) is 6.04 Å². The number of benzene rings is 1. The molecule has 1 aromatic carbocycles. The van der Waals surface area contributed by atoms with Gasteiger partial charge in [0.2, 0.25) is 0 Å². The van der Waals surface area contributed by atoms with E-state index in [1.54, 1.807) is 11.9 Å². The molecule has 0 radical (unpaired) electrons. The molecule has 1 N–H and O–H groups in total. The zero-order chi connectivity index (χ0) is 12.1. The van der Waals surface area contributed by atoms with Gasteiger partial charge in [0.25, 0.3) is 0 Å².